The van der Waals surface area contributed by atoms with Crippen molar-refractivity contribution in [1.29, 1.82) is 0 Å². The smallest absolute Gasteiger partial charge is 0.106 e. The summed E-state index contributed by atoms with van der Waals surface area (Å²) >= 11 is 0. The monoisotopic (exact) mass is 360 g/mol. The van der Waals surface area contributed by atoms with E-state index in [0.29, 0.717) is 12.7 Å². The van der Waals surface area contributed by atoms with Crippen molar-refractivity contribution in [3.8, 4) is 0 Å². The molecular weight excluding hydrogens is 320 g/mol. The Morgan fingerprint density at radius 2 is 1.38 bits per heavy atom. The van der Waals surface area contributed by atoms with Gasteiger partial charge in [-0.3, -0.25) is 0 Å². The Balaban J connectivity index is 1.62. The fraction of sp³-hybridized carbons (Fsp3) is 0.750. The molecule has 1 aliphatic rings. The van der Waals surface area contributed by atoms with E-state index in [2.05, 4.69) is 38.1 Å². The maximum absolute atomic E-state index is 6.10. The molecule has 1 fully saturated rings. The van der Waals surface area contributed by atoms with Crippen molar-refractivity contribution in [2.75, 3.05) is 13.2 Å². The number of unbranched alkanes of at least 4 members (excludes halogenated alkanes) is 8. The van der Waals surface area contributed by atoms with Gasteiger partial charge in [-0.15, -0.1) is 0 Å². The molecule has 1 aromatic rings. The van der Waals surface area contributed by atoms with Gasteiger partial charge >= 0.3 is 0 Å². The number of rotatable bonds is 13. The first-order valence-electron chi connectivity index (χ1n) is 11.2. The van der Waals surface area contributed by atoms with Crippen LogP contribution in [0.1, 0.15) is 102 Å². The third-order valence-corrected chi connectivity index (χ3v) is 5.52. The van der Waals surface area contributed by atoms with E-state index in [-0.39, 0.29) is 6.10 Å². The summed E-state index contributed by atoms with van der Waals surface area (Å²) < 4.78 is 12.2. The van der Waals surface area contributed by atoms with E-state index in [1.807, 2.05) is 0 Å². The van der Waals surface area contributed by atoms with Gasteiger partial charge in [0.05, 0.1) is 19.3 Å². The highest BCUT2D eigenvalue weighted by atomic mass is 16.6. The third kappa shape index (κ3) is 8.22. The Bertz CT molecular complexity index is 446. The number of hydrogen-bond acceptors (Lipinski definition) is 2. The van der Waals surface area contributed by atoms with Crippen molar-refractivity contribution in [3.05, 3.63) is 35.4 Å². The Morgan fingerprint density at radius 1 is 0.731 bits per heavy atom. The summed E-state index contributed by atoms with van der Waals surface area (Å²) in [6.07, 6.45) is 16.1. The van der Waals surface area contributed by atoms with Crippen LogP contribution in [-0.4, -0.2) is 19.3 Å². The summed E-state index contributed by atoms with van der Waals surface area (Å²) in [5.41, 5.74) is 2.72. The second kappa shape index (κ2) is 13.3. The highest BCUT2D eigenvalue weighted by Gasteiger charge is 2.23. The van der Waals surface area contributed by atoms with E-state index in [9.17, 15) is 0 Å². The van der Waals surface area contributed by atoms with E-state index in [0.717, 1.165) is 13.0 Å². The van der Waals surface area contributed by atoms with Crippen LogP contribution in [0.15, 0.2) is 24.3 Å². The molecule has 1 heterocycles. The lowest BCUT2D eigenvalue weighted by molar-refractivity contribution is -0.137. The first-order valence-corrected chi connectivity index (χ1v) is 11.2. The molecule has 1 aliphatic heterocycles. The van der Waals surface area contributed by atoms with E-state index < -0.39 is 0 Å². The van der Waals surface area contributed by atoms with Gasteiger partial charge in [-0.1, -0.05) is 95.9 Å². The van der Waals surface area contributed by atoms with Gasteiger partial charge in [-0.2, -0.15) is 0 Å². The molecule has 2 heteroatoms. The maximum Gasteiger partial charge on any atom is 0.106 e. The Hall–Kier alpha value is -0.860. The molecule has 1 aromatic carbocycles. The van der Waals surface area contributed by atoms with Crippen molar-refractivity contribution >= 4 is 0 Å². The van der Waals surface area contributed by atoms with Gasteiger partial charge in [0.15, 0.2) is 0 Å². The van der Waals surface area contributed by atoms with Crippen LogP contribution in [0.2, 0.25) is 0 Å². The van der Waals surface area contributed by atoms with Gasteiger partial charge in [0.2, 0.25) is 0 Å². The van der Waals surface area contributed by atoms with Gasteiger partial charge in [-0.25, -0.2) is 0 Å². The van der Waals surface area contributed by atoms with E-state index >= 15 is 0 Å². The first kappa shape index (κ1) is 21.4. The lowest BCUT2D eigenvalue weighted by Gasteiger charge is -2.30. The van der Waals surface area contributed by atoms with Crippen LogP contribution in [-0.2, 0) is 15.9 Å². The average Bonchev–Trinajstić information content (AvgIpc) is 2.69. The Labute approximate surface area is 161 Å². The predicted octanol–water partition coefficient (Wildman–Crippen LogP) is 7.02. The van der Waals surface area contributed by atoms with E-state index in [1.165, 1.54) is 81.8 Å². The largest absolute Gasteiger partial charge is 0.373 e. The molecule has 0 aliphatic carbocycles. The molecule has 0 spiro atoms. The number of aryl methyl sites for hydroxylation is 1. The standard InChI is InChI=1S/C24H40O2/c1-3-5-7-9-11-13-21-15-17-22(18-16-21)24-20-25-23(19-26-24)14-12-10-8-6-4-2/h15-18,23-24H,3-14,19-20H2,1-2H3/t23-,24-/m0/s1. The van der Waals surface area contributed by atoms with Gasteiger partial charge in [0.25, 0.3) is 0 Å². The summed E-state index contributed by atoms with van der Waals surface area (Å²) in [5, 5.41) is 0. The highest BCUT2D eigenvalue weighted by molar-refractivity contribution is 5.24. The number of ether oxygens (including phenoxy) is 2. The van der Waals surface area contributed by atoms with Gasteiger partial charge in [-0.05, 0) is 30.4 Å². The minimum absolute atomic E-state index is 0.116. The van der Waals surface area contributed by atoms with Crippen LogP contribution in [0.5, 0.6) is 0 Å². The summed E-state index contributed by atoms with van der Waals surface area (Å²) in [5.74, 6) is 0. The van der Waals surface area contributed by atoms with Crippen LogP contribution in [0, 0.1) is 0 Å². The maximum atomic E-state index is 6.10. The van der Waals surface area contributed by atoms with Crippen molar-refractivity contribution in [2.24, 2.45) is 0 Å². The highest BCUT2D eigenvalue weighted by Crippen LogP contribution is 2.25. The Kier molecular flexibility index (Phi) is 11.0. The van der Waals surface area contributed by atoms with Crippen molar-refractivity contribution in [2.45, 2.75) is 103 Å². The van der Waals surface area contributed by atoms with Crippen LogP contribution < -0.4 is 0 Å². The molecule has 0 N–H and O–H groups in total. The van der Waals surface area contributed by atoms with Crippen LogP contribution in [0.3, 0.4) is 0 Å². The minimum atomic E-state index is 0.116. The average molecular weight is 361 g/mol. The number of benzene rings is 1. The van der Waals surface area contributed by atoms with Crippen LogP contribution in [0.4, 0.5) is 0 Å². The third-order valence-electron chi connectivity index (χ3n) is 5.52. The molecule has 26 heavy (non-hydrogen) atoms. The van der Waals surface area contributed by atoms with E-state index in [1.54, 1.807) is 0 Å². The molecule has 148 valence electrons. The van der Waals surface area contributed by atoms with Gasteiger partial charge in [0.1, 0.15) is 6.10 Å². The van der Waals surface area contributed by atoms with Gasteiger partial charge in [0, 0.05) is 0 Å². The van der Waals surface area contributed by atoms with Gasteiger partial charge < -0.3 is 9.47 Å². The number of hydrogen-bond donors (Lipinski definition) is 0. The van der Waals surface area contributed by atoms with Crippen molar-refractivity contribution < 1.29 is 9.47 Å². The molecule has 0 amide bonds. The van der Waals surface area contributed by atoms with E-state index in [4.69, 9.17) is 9.47 Å². The molecule has 2 atom stereocenters. The summed E-state index contributed by atoms with van der Waals surface area (Å²) in [6.45, 7) is 5.98. The topological polar surface area (TPSA) is 18.5 Å². The quantitative estimate of drug-likeness (QED) is 0.352. The molecule has 1 saturated heterocycles. The van der Waals surface area contributed by atoms with Crippen molar-refractivity contribution in [1.82, 2.24) is 0 Å². The molecule has 0 unspecified atom stereocenters. The summed E-state index contributed by atoms with van der Waals surface area (Å²) in [6, 6.07) is 9.03. The fourth-order valence-corrected chi connectivity index (χ4v) is 3.71. The molecule has 0 saturated carbocycles. The zero-order valence-corrected chi connectivity index (χ0v) is 17.2. The summed E-state index contributed by atoms with van der Waals surface area (Å²) in [4.78, 5) is 0. The SMILES string of the molecule is CCCCCCCc1ccc([C@@H]2CO[C@@H](CCCCCCC)CO2)cc1. The zero-order chi connectivity index (χ0) is 18.5. The van der Waals surface area contributed by atoms with Crippen molar-refractivity contribution in [3.63, 3.8) is 0 Å². The molecule has 2 nitrogen and oxygen atoms in total. The molecule has 0 aromatic heterocycles. The molecule has 0 bridgehead atoms. The Morgan fingerprint density at radius 3 is 2.00 bits per heavy atom. The predicted molar refractivity (Wildman–Crippen MR) is 111 cm³/mol. The lowest BCUT2D eigenvalue weighted by atomic mass is 10.0. The van der Waals surface area contributed by atoms with Crippen LogP contribution >= 0.6 is 0 Å². The zero-order valence-electron chi connectivity index (χ0n) is 17.2. The fourth-order valence-electron chi connectivity index (χ4n) is 3.71. The van der Waals surface area contributed by atoms with Crippen LogP contribution in [0.25, 0.3) is 0 Å². The minimum Gasteiger partial charge on any atom is -0.373 e. The second-order valence-corrected chi connectivity index (χ2v) is 7.89. The summed E-state index contributed by atoms with van der Waals surface area (Å²) in [7, 11) is 0. The lowest BCUT2D eigenvalue weighted by Crippen LogP contribution is -2.31. The first-order chi connectivity index (χ1) is 12.8. The second-order valence-electron chi connectivity index (χ2n) is 7.89. The molecule has 2 rings (SSSR count). The normalized spacial score (nSPS) is 20.4. The molecule has 0 radical (unpaired) electrons. The molecular formula is C24H40O2.